The summed E-state index contributed by atoms with van der Waals surface area (Å²) in [5, 5.41) is 3.61. The highest BCUT2D eigenvalue weighted by Crippen LogP contribution is 2.01. The Morgan fingerprint density at radius 3 is 2.70 bits per heavy atom. The average molecular weight is 142 g/mol. The highest BCUT2D eigenvalue weighted by atomic mass is 15.3. The van der Waals surface area contributed by atoms with Gasteiger partial charge >= 0.3 is 0 Å². The van der Waals surface area contributed by atoms with E-state index in [1.807, 2.05) is 0 Å². The SMILES string of the molecule is C=NNC(C)CCCCC. The lowest BCUT2D eigenvalue weighted by atomic mass is 10.1. The molecule has 2 heteroatoms. The maximum Gasteiger partial charge on any atom is 0.0411 e. The number of nitrogens with zero attached hydrogens (tertiary/aromatic N) is 1. The van der Waals surface area contributed by atoms with E-state index in [2.05, 4.69) is 31.1 Å². The number of rotatable bonds is 6. The van der Waals surface area contributed by atoms with E-state index in [1.165, 1.54) is 25.7 Å². The van der Waals surface area contributed by atoms with Gasteiger partial charge in [0.1, 0.15) is 0 Å². The van der Waals surface area contributed by atoms with Gasteiger partial charge in [-0.3, -0.25) is 0 Å². The van der Waals surface area contributed by atoms with Gasteiger partial charge in [-0.1, -0.05) is 26.2 Å². The zero-order valence-electron chi connectivity index (χ0n) is 7.06. The van der Waals surface area contributed by atoms with Crippen LogP contribution in [0.3, 0.4) is 0 Å². The smallest absolute Gasteiger partial charge is 0.0411 e. The topological polar surface area (TPSA) is 24.4 Å². The Morgan fingerprint density at radius 1 is 1.50 bits per heavy atom. The molecule has 0 saturated heterocycles. The fourth-order valence-electron chi connectivity index (χ4n) is 0.921. The van der Waals surface area contributed by atoms with E-state index in [4.69, 9.17) is 0 Å². The van der Waals surface area contributed by atoms with E-state index in [0.717, 1.165) is 0 Å². The standard InChI is InChI=1S/C8H18N2/c1-4-5-6-7-8(2)10-9-3/h8,10H,3-7H2,1-2H3. The quantitative estimate of drug-likeness (QED) is 0.343. The summed E-state index contributed by atoms with van der Waals surface area (Å²) in [5.41, 5.74) is 2.92. The van der Waals surface area contributed by atoms with Gasteiger partial charge in [0.05, 0.1) is 0 Å². The summed E-state index contributed by atoms with van der Waals surface area (Å²) in [6.45, 7) is 7.71. The molecule has 60 valence electrons. The van der Waals surface area contributed by atoms with Crippen LogP contribution in [-0.2, 0) is 0 Å². The fraction of sp³-hybridized carbons (Fsp3) is 0.875. The monoisotopic (exact) mass is 142 g/mol. The van der Waals surface area contributed by atoms with Gasteiger partial charge in [-0.05, 0) is 13.3 Å². The van der Waals surface area contributed by atoms with Crippen molar-refractivity contribution in [2.24, 2.45) is 5.10 Å². The molecule has 2 nitrogen and oxygen atoms in total. The molecule has 0 radical (unpaired) electrons. The maximum absolute atomic E-state index is 3.61. The first kappa shape index (κ1) is 9.47. The molecular weight excluding hydrogens is 124 g/mol. The second kappa shape index (κ2) is 6.59. The molecule has 1 N–H and O–H groups in total. The predicted octanol–water partition coefficient (Wildman–Crippen LogP) is 2.16. The van der Waals surface area contributed by atoms with Gasteiger partial charge in [-0.2, -0.15) is 5.10 Å². The molecule has 0 rings (SSSR count). The van der Waals surface area contributed by atoms with E-state index in [1.54, 1.807) is 0 Å². The summed E-state index contributed by atoms with van der Waals surface area (Å²) in [5.74, 6) is 0. The lowest BCUT2D eigenvalue weighted by Gasteiger charge is -2.08. The van der Waals surface area contributed by atoms with Gasteiger partial charge in [-0.25, -0.2) is 0 Å². The lowest BCUT2D eigenvalue weighted by molar-refractivity contribution is 0.504. The van der Waals surface area contributed by atoms with Crippen LogP contribution in [0.2, 0.25) is 0 Å². The van der Waals surface area contributed by atoms with Crippen LogP contribution in [0.4, 0.5) is 0 Å². The Balaban J connectivity index is 3.04. The van der Waals surface area contributed by atoms with E-state index in [-0.39, 0.29) is 0 Å². The summed E-state index contributed by atoms with van der Waals surface area (Å²) in [6.07, 6.45) is 5.10. The van der Waals surface area contributed by atoms with E-state index < -0.39 is 0 Å². The number of unbranched alkanes of at least 4 members (excludes halogenated alkanes) is 2. The van der Waals surface area contributed by atoms with E-state index in [9.17, 15) is 0 Å². The van der Waals surface area contributed by atoms with Crippen molar-refractivity contribution in [3.8, 4) is 0 Å². The highest BCUT2D eigenvalue weighted by Gasteiger charge is 1.96. The normalized spacial score (nSPS) is 12.6. The Bertz CT molecular complexity index is 81.3. The minimum absolute atomic E-state index is 0.490. The Labute approximate surface area is 63.7 Å². The van der Waals surface area contributed by atoms with Gasteiger partial charge in [0.15, 0.2) is 0 Å². The van der Waals surface area contributed by atoms with Crippen LogP contribution in [0.1, 0.15) is 39.5 Å². The molecule has 0 aromatic carbocycles. The maximum atomic E-state index is 3.61. The molecule has 10 heavy (non-hydrogen) atoms. The van der Waals surface area contributed by atoms with Crippen LogP contribution in [-0.4, -0.2) is 12.8 Å². The molecule has 0 fully saturated rings. The Kier molecular flexibility index (Phi) is 6.24. The van der Waals surface area contributed by atoms with Crippen LogP contribution < -0.4 is 5.43 Å². The molecule has 0 bridgehead atoms. The molecular formula is C8H18N2. The number of hydrazone groups is 1. The molecule has 1 unspecified atom stereocenters. The van der Waals surface area contributed by atoms with Crippen LogP contribution in [0.5, 0.6) is 0 Å². The summed E-state index contributed by atoms with van der Waals surface area (Å²) in [7, 11) is 0. The van der Waals surface area contributed by atoms with Crippen LogP contribution in [0.15, 0.2) is 5.10 Å². The second-order valence-corrected chi connectivity index (χ2v) is 2.68. The van der Waals surface area contributed by atoms with Gasteiger partial charge < -0.3 is 5.43 Å². The van der Waals surface area contributed by atoms with Crippen molar-refractivity contribution in [1.82, 2.24) is 5.43 Å². The average Bonchev–Trinajstić information content (AvgIpc) is 1.89. The van der Waals surface area contributed by atoms with E-state index >= 15 is 0 Å². The van der Waals surface area contributed by atoms with Crippen molar-refractivity contribution in [1.29, 1.82) is 0 Å². The number of hydrogen-bond donors (Lipinski definition) is 1. The zero-order valence-corrected chi connectivity index (χ0v) is 7.06. The molecule has 0 aliphatic rings. The van der Waals surface area contributed by atoms with Crippen LogP contribution >= 0.6 is 0 Å². The molecule has 0 aromatic rings. The Hall–Kier alpha value is -0.530. The van der Waals surface area contributed by atoms with Gasteiger partial charge in [0.25, 0.3) is 0 Å². The highest BCUT2D eigenvalue weighted by molar-refractivity contribution is 5.22. The molecule has 0 aromatic heterocycles. The molecule has 0 aliphatic carbocycles. The molecule has 0 aliphatic heterocycles. The number of nitrogens with one attached hydrogen (secondary N) is 1. The molecule has 0 amide bonds. The van der Waals surface area contributed by atoms with Crippen molar-refractivity contribution in [2.75, 3.05) is 0 Å². The van der Waals surface area contributed by atoms with Gasteiger partial charge in [0.2, 0.25) is 0 Å². The number of hydrogen-bond acceptors (Lipinski definition) is 2. The minimum Gasteiger partial charge on any atom is -0.308 e. The van der Waals surface area contributed by atoms with Crippen LogP contribution in [0.25, 0.3) is 0 Å². The van der Waals surface area contributed by atoms with Crippen molar-refractivity contribution in [2.45, 2.75) is 45.6 Å². The minimum atomic E-state index is 0.490. The third kappa shape index (κ3) is 5.60. The Morgan fingerprint density at radius 2 is 2.20 bits per heavy atom. The molecule has 1 atom stereocenters. The summed E-state index contributed by atoms with van der Waals surface area (Å²) in [6, 6.07) is 0.490. The third-order valence-corrected chi connectivity index (χ3v) is 1.55. The first-order chi connectivity index (χ1) is 4.81. The molecule has 0 saturated carbocycles. The zero-order chi connectivity index (χ0) is 7.82. The van der Waals surface area contributed by atoms with Crippen molar-refractivity contribution in [3.63, 3.8) is 0 Å². The largest absolute Gasteiger partial charge is 0.308 e. The first-order valence-electron chi connectivity index (χ1n) is 4.02. The fourth-order valence-corrected chi connectivity index (χ4v) is 0.921. The molecule has 0 heterocycles. The van der Waals surface area contributed by atoms with Crippen molar-refractivity contribution in [3.05, 3.63) is 0 Å². The summed E-state index contributed by atoms with van der Waals surface area (Å²) in [4.78, 5) is 0. The summed E-state index contributed by atoms with van der Waals surface area (Å²) < 4.78 is 0. The van der Waals surface area contributed by atoms with Crippen LogP contribution in [0, 0.1) is 0 Å². The van der Waals surface area contributed by atoms with Gasteiger partial charge in [0, 0.05) is 12.8 Å². The first-order valence-corrected chi connectivity index (χ1v) is 4.02. The van der Waals surface area contributed by atoms with Crippen molar-refractivity contribution < 1.29 is 0 Å². The van der Waals surface area contributed by atoms with Crippen molar-refractivity contribution >= 4 is 6.72 Å². The predicted molar refractivity (Wildman–Crippen MR) is 46.3 cm³/mol. The van der Waals surface area contributed by atoms with E-state index in [0.29, 0.717) is 6.04 Å². The lowest BCUT2D eigenvalue weighted by Crippen LogP contribution is -2.19. The second-order valence-electron chi connectivity index (χ2n) is 2.68. The summed E-state index contributed by atoms with van der Waals surface area (Å²) >= 11 is 0. The third-order valence-electron chi connectivity index (χ3n) is 1.55. The van der Waals surface area contributed by atoms with Gasteiger partial charge in [-0.15, -0.1) is 0 Å². The molecule has 0 spiro atoms.